The molecule has 1 aliphatic heterocycles. The number of epoxide rings is 1. The molecule has 2 nitrogen and oxygen atoms in total. The Balaban J connectivity index is 1.35. The highest BCUT2D eigenvalue weighted by Crippen LogP contribution is 2.17. The Morgan fingerprint density at radius 1 is 0.852 bits per heavy atom. The SMILES string of the molecule is CCC/C=C/CCCCCCCCCCCc1ccc(OCC2CO2)cc1. The zero-order chi connectivity index (χ0) is 19.0. The van der Waals surface area contributed by atoms with Crippen LogP contribution in [0.1, 0.15) is 89.5 Å². The molecule has 1 aromatic rings. The summed E-state index contributed by atoms with van der Waals surface area (Å²) in [5.41, 5.74) is 1.43. The van der Waals surface area contributed by atoms with E-state index in [1.54, 1.807) is 0 Å². The van der Waals surface area contributed by atoms with Crippen LogP contribution in [0.5, 0.6) is 5.75 Å². The molecule has 0 N–H and O–H groups in total. The Hall–Kier alpha value is -1.28. The van der Waals surface area contributed by atoms with Crippen LogP contribution in [0.25, 0.3) is 0 Å². The molecule has 2 heteroatoms. The highest BCUT2D eigenvalue weighted by molar-refractivity contribution is 5.27. The van der Waals surface area contributed by atoms with Crippen molar-refractivity contribution in [1.29, 1.82) is 0 Å². The maximum Gasteiger partial charge on any atom is 0.119 e. The maximum absolute atomic E-state index is 5.68. The summed E-state index contributed by atoms with van der Waals surface area (Å²) in [6.07, 6.45) is 22.5. The average molecular weight is 373 g/mol. The predicted molar refractivity (Wildman–Crippen MR) is 116 cm³/mol. The minimum atomic E-state index is 0.331. The molecule has 1 heterocycles. The number of aryl methyl sites for hydroxylation is 1. The molecule has 0 bridgehead atoms. The summed E-state index contributed by atoms with van der Waals surface area (Å²) in [5, 5.41) is 0. The summed E-state index contributed by atoms with van der Waals surface area (Å²) < 4.78 is 10.8. The van der Waals surface area contributed by atoms with E-state index < -0.39 is 0 Å². The third-order valence-corrected chi connectivity index (χ3v) is 5.22. The molecule has 2 rings (SSSR count). The molecular formula is C25H40O2. The van der Waals surface area contributed by atoms with Gasteiger partial charge in [-0.05, 0) is 49.8 Å². The van der Waals surface area contributed by atoms with Gasteiger partial charge in [-0.15, -0.1) is 0 Å². The average Bonchev–Trinajstić information content (AvgIpc) is 3.52. The Morgan fingerprint density at radius 2 is 1.44 bits per heavy atom. The number of allylic oxidation sites excluding steroid dienone is 2. The maximum atomic E-state index is 5.68. The van der Waals surface area contributed by atoms with Gasteiger partial charge in [0.2, 0.25) is 0 Å². The molecule has 152 valence electrons. The molecule has 0 radical (unpaired) electrons. The lowest BCUT2D eigenvalue weighted by molar-refractivity contribution is 0.263. The van der Waals surface area contributed by atoms with Gasteiger partial charge in [-0.2, -0.15) is 0 Å². The Kier molecular flexibility index (Phi) is 12.0. The molecule has 0 spiro atoms. The first-order valence-corrected chi connectivity index (χ1v) is 11.4. The molecule has 1 unspecified atom stereocenters. The molecule has 1 atom stereocenters. The molecule has 27 heavy (non-hydrogen) atoms. The monoisotopic (exact) mass is 372 g/mol. The lowest BCUT2D eigenvalue weighted by atomic mass is 10.0. The number of ether oxygens (including phenoxy) is 2. The van der Waals surface area contributed by atoms with Crippen molar-refractivity contribution in [3.05, 3.63) is 42.0 Å². The zero-order valence-corrected chi connectivity index (χ0v) is 17.5. The van der Waals surface area contributed by atoms with Crippen molar-refractivity contribution in [2.24, 2.45) is 0 Å². The van der Waals surface area contributed by atoms with Crippen LogP contribution in [-0.2, 0) is 11.2 Å². The van der Waals surface area contributed by atoms with Gasteiger partial charge in [-0.3, -0.25) is 0 Å². The molecule has 1 saturated heterocycles. The van der Waals surface area contributed by atoms with Gasteiger partial charge in [0, 0.05) is 0 Å². The minimum absolute atomic E-state index is 0.331. The summed E-state index contributed by atoms with van der Waals surface area (Å²) in [6.45, 7) is 3.79. The predicted octanol–water partition coefficient (Wildman–Crippen LogP) is 7.26. The van der Waals surface area contributed by atoms with Crippen molar-refractivity contribution >= 4 is 0 Å². The van der Waals surface area contributed by atoms with E-state index in [0.717, 1.165) is 12.4 Å². The second-order valence-corrected chi connectivity index (χ2v) is 7.89. The first-order valence-electron chi connectivity index (χ1n) is 11.4. The number of hydrogen-bond donors (Lipinski definition) is 0. The third-order valence-electron chi connectivity index (χ3n) is 5.22. The summed E-state index contributed by atoms with van der Waals surface area (Å²) in [4.78, 5) is 0. The van der Waals surface area contributed by atoms with Crippen LogP contribution >= 0.6 is 0 Å². The number of hydrogen-bond acceptors (Lipinski definition) is 2. The van der Waals surface area contributed by atoms with E-state index in [1.165, 1.54) is 89.0 Å². The summed E-state index contributed by atoms with van der Waals surface area (Å²) in [5.74, 6) is 0.964. The number of unbranched alkanes of at least 4 members (excludes halogenated alkanes) is 10. The van der Waals surface area contributed by atoms with Crippen LogP contribution in [0, 0.1) is 0 Å². The van der Waals surface area contributed by atoms with E-state index in [9.17, 15) is 0 Å². The molecule has 0 amide bonds. The van der Waals surface area contributed by atoms with E-state index in [4.69, 9.17) is 9.47 Å². The normalized spacial score (nSPS) is 16.1. The molecule has 1 aliphatic rings. The summed E-state index contributed by atoms with van der Waals surface area (Å²) in [7, 11) is 0. The van der Waals surface area contributed by atoms with Gasteiger partial charge in [0.1, 0.15) is 18.5 Å². The fourth-order valence-electron chi connectivity index (χ4n) is 3.34. The van der Waals surface area contributed by atoms with Crippen molar-refractivity contribution in [3.8, 4) is 5.75 Å². The zero-order valence-electron chi connectivity index (χ0n) is 17.5. The van der Waals surface area contributed by atoms with Crippen molar-refractivity contribution in [1.82, 2.24) is 0 Å². The fourth-order valence-corrected chi connectivity index (χ4v) is 3.34. The Morgan fingerprint density at radius 3 is 2.07 bits per heavy atom. The summed E-state index contributed by atoms with van der Waals surface area (Å²) >= 11 is 0. The van der Waals surface area contributed by atoms with E-state index in [1.807, 2.05) is 0 Å². The standard InChI is InChI=1S/C25H40O2/c1-2-3-4-5-6-7-8-9-10-11-12-13-14-15-16-23-17-19-24(20-18-23)26-21-25-22-27-25/h4-5,17-20,25H,2-3,6-16,21-22H2,1H3/b5-4+. The lowest BCUT2D eigenvalue weighted by Crippen LogP contribution is -2.03. The topological polar surface area (TPSA) is 21.8 Å². The third kappa shape index (κ3) is 11.9. The van der Waals surface area contributed by atoms with Gasteiger partial charge in [-0.1, -0.05) is 82.6 Å². The van der Waals surface area contributed by atoms with Crippen LogP contribution in [0.15, 0.2) is 36.4 Å². The van der Waals surface area contributed by atoms with E-state index in [0.29, 0.717) is 12.7 Å². The van der Waals surface area contributed by atoms with Crippen LogP contribution < -0.4 is 4.74 Å². The quantitative estimate of drug-likeness (QED) is 0.163. The van der Waals surface area contributed by atoms with Crippen molar-refractivity contribution in [2.75, 3.05) is 13.2 Å². The van der Waals surface area contributed by atoms with Crippen LogP contribution in [0.3, 0.4) is 0 Å². The molecule has 0 aliphatic carbocycles. The molecule has 0 aromatic heterocycles. The van der Waals surface area contributed by atoms with E-state index in [2.05, 4.69) is 43.3 Å². The van der Waals surface area contributed by atoms with E-state index >= 15 is 0 Å². The number of benzene rings is 1. The fraction of sp³-hybridized carbons (Fsp3) is 0.680. The van der Waals surface area contributed by atoms with Crippen molar-refractivity contribution in [3.63, 3.8) is 0 Å². The molecular weight excluding hydrogens is 332 g/mol. The Bertz CT molecular complexity index is 488. The van der Waals surface area contributed by atoms with Gasteiger partial charge in [0.05, 0.1) is 6.61 Å². The second kappa shape index (κ2) is 14.7. The highest BCUT2D eigenvalue weighted by atomic mass is 16.6. The van der Waals surface area contributed by atoms with Crippen LogP contribution in [0.2, 0.25) is 0 Å². The van der Waals surface area contributed by atoms with Gasteiger partial charge in [0.15, 0.2) is 0 Å². The molecule has 1 fully saturated rings. The van der Waals surface area contributed by atoms with Gasteiger partial charge in [-0.25, -0.2) is 0 Å². The minimum Gasteiger partial charge on any atom is -0.491 e. The van der Waals surface area contributed by atoms with Crippen molar-refractivity contribution < 1.29 is 9.47 Å². The molecule has 0 saturated carbocycles. The lowest BCUT2D eigenvalue weighted by Gasteiger charge is -2.06. The largest absolute Gasteiger partial charge is 0.491 e. The number of rotatable bonds is 17. The highest BCUT2D eigenvalue weighted by Gasteiger charge is 2.22. The van der Waals surface area contributed by atoms with E-state index in [-0.39, 0.29) is 0 Å². The first kappa shape index (κ1) is 22.0. The second-order valence-electron chi connectivity index (χ2n) is 7.89. The Labute approximate surface area is 167 Å². The first-order chi connectivity index (χ1) is 13.4. The van der Waals surface area contributed by atoms with Gasteiger partial charge < -0.3 is 9.47 Å². The van der Waals surface area contributed by atoms with Crippen LogP contribution in [-0.4, -0.2) is 19.3 Å². The van der Waals surface area contributed by atoms with Crippen molar-refractivity contribution in [2.45, 2.75) is 96.5 Å². The van der Waals surface area contributed by atoms with Gasteiger partial charge >= 0.3 is 0 Å². The van der Waals surface area contributed by atoms with Gasteiger partial charge in [0.25, 0.3) is 0 Å². The smallest absolute Gasteiger partial charge is 0.119 e. The summed E-state index contributed by atoms with van der Waals surface area (Å²) in [6, 6.07) is 8.61. The molecule has 1 aromatic carbocycles. The van der Waals surface area contributed by atoms with Crippen LogP contribution in [0.4, 0.5) is 0 Å².